The van der Waals surface area contributed by atoms with Gasteiger partial charge in [-0.3, -0.25) is 4.79 Å². The standard InChI is InChI=1S/C17H30N4O2/c1-13(2)15-19-16(21-23-15)17(10-6-7-11-17)20-14(22)9-5-3-4-8-12-18/h13H,3-12,18H2,1-2H3,(H,20,22). The molecule has 1 aliphatic rings. The maximum Gasteiger partial charge on any atom is 0.229 e. The summed E-state index contributed by atoms with van der Waals surface area (Å²) in [6.07, 6.45) is 8.60. The smallest absolute Gasteiger partial charge is 0.229 e. The molecule has 0 atom stereocenters. The van der Waals surface area contributed by atoms with Crippen LogP contribution in [0.2, 0.25) is 0 Å². The molecule has 1 aliphatic carbocycles. The molecule has 6 nitrogen and oxygen atoms in total. The fourth-order valence-electron chi connectivity index (χ4n) is 3.16. The number of aromatic nitrogens is 2. The van der Waals surface area contributed by atoms with Gasteiger partial charge < -0.3 is 15.6 Å². The Labute approximate surface area is 138 Å². The van der Waals surface area contributed by atoms with Crippen molar-refractivity contribution in [3.05, 3.63) is 11.7 Å². The second-order valence-corrected chi connectivity index (χ2v) is 6.90. The number of carbonyl (C=O) groups is 1. The average molecular weight is 322 g/mol. The number of hydrogen-bond acceptors (Lipinski definition) is 5. The molecule has 0 radical (unpaired) electrons. The van der Waals surface area contributed by atoms with Gasteiger partial charge in [0, 0.05) is 12.3 Å². The molecule has 0 aliphatic heterocycles. The van der Waals surface area contributed by atoms with Crippen molar-refractivity contribution in [3.8, 4) is 0 Å². The normalized spacial score (nSPS) is 16.9. The average Bonchev–Trinajstić information content (AvgIpc) is 3.16. The van der Waals surface area contributed by atoms with Crippen LogP contribution in [0.4, 0.5) is 0 Å². The second-order valence-electron chi connectivity index (χ2n) is 6.90. The zero-order valence-electron chi connectivity index (χ0n) is 14.4. The topological polar surface area (TPSA) is 94.0 Å². The van der Waals surface area contributed by atoms with Crippen molar-refractivity contribution >= 4 is 5.91 Å². The van der Waals surface area contributed by atoms with Gasteiger partial charge in [-0.2, -0.15) is 4.98 Å². The summed E-state index contributed by atoms with van der Waals surface area (Å²) in [5.74, 6) is 1.58. The predicted octanol–water partition coefficient (Wildman–Crippen LogP) is 2.99. The molecule has 2 rings (SSSR count). The number of rotatable bonds is 9. The molecule has 1 aromatic heterocycles. The first-order valence-corrected chi connectivity index (χ1v) is 8.92. The molecule has 0 bridgehead atoms. The molecule has 1 saturated carbocycles. The zero-order chi connectivity index (χ0) is 16.7. The fourth-order valence-corrected chi connectivity index (χ4v) is 3.16. The molecular weight excluding hydrogens is 292 g/mol. The van der Waals surface area contributed by atoms with Gasteiger partial charge in [-0.25, -0.2) is 0 Å². The van der Waals surface area contributed by atoms with E-state index in [1.165, 1.54) is 0 Å². The lowest BCUT2D eigenvalue weighted by Crippen LogP contribution is -2.44. The SMILES string of the molecule is CC(C)c1nc(C2(NC(=O)CCCCCCN)CCCC2)no1. The molecule has 0 aromatic carbocycles. The maximum atomic E-state index is 12.3. The van der Waals surface area contributed by atoms with Gasteiger partial charge in [0.25, 0.3) is 0 Å². The van der Waals surface area contributed by atoms with E-state index in [9.17, 15) is 4.79 Å². The fraction of sp³-hybridized carbons (Fsp3) is 0.824. The molecular formula is C17H30N4O2. The summed E-state index contributed by atoms with van der Waals surface area (Å²) >= 11 is 0. The van der Waals surface area contributed by atoms with Crippen LogP contribution in [0.1, 0.15) is 89.3 Å². The Morgan fingerprint density at radius 1 is 1.26 bits per heavy atom. The van der Waals surface area contributed by atoms with Crippen LogP contribution in [-0.4, -0.2) is 22.6 Å². The van der Waals surface area contributed by atoms with Crippen molar-refractivity contribution in [2.75, 3.05) is 6.54 Å². The largest absolute Gasteiger partial charge is 0.343 e. The molecule has 1 amide bonds. The van der Waals surface area contributed by atoms with Crippen LogP contribution in [0.3, 0.4) is 0 Å². The van der Waals surface area contributed by atoms with Gasteiger partial charge in [-0.1, -0.05) is 44.7 Å². The Hall–Kier alpha value is -1.43. The van der Waals surface area contributed by atoms with E-state index in [-0.39, 0.29) is 11.8 Å². The van der Waals surface area contributed by atoms with Gasteiger partial charge in [0.1, 0.15) is 5.54 Å². The highest BCUT2D eigenvalue weighted by Crippen LogP contribution is 2.37. The minimum absolute atomic E-state index is 0.0931. The lowest BCUT2D eigenvalue weighted by Gasteiger charge is -2.26. The molecule has 0 unspecified atom stereocenters. The quantitative estimate of drug-likeness (QED) is 0.682. The van der Waals surface area contributed by atoms with Crippen molar-refractivity contribution in [1.82, 2.24) is 15.5 Å². The van der Waals surface area contributed by atoms with Gasteiger partial charge >= 0.3 is 0 Å². The predicted molar refractivity (Wildman–Crippen MR) is 88.8 cm³/mol. The monoisotopic (exact) mass is 322 g/mol. The first-order valence-electron chi connectivity index (χ1n) is 8.92. The van der Waals surface area contributed by atoms with E-state index in [0.29, 0.717) is 18.1 Å². The third kappa shape index (κ3) is 4.77. The lowest BCUT2D eigenvalue weighted by atomic mass is 9.96. The Kier molecular flexibility index (Phi) is 6.57. The van der Waals surface area contributed by atoms with Crippen LogP contribution >= 0.6 is 0 Å². The third-order valence-electron chi connectivity index (χ3n) is 4.56. The Morgan fingerprint density at radius 3 is 2.57 bits per heavy atom. The minimum Gasteiger partial charge on any atom is -0.343 e. The van der Waals surface area contributed by atoms with E-state index in [1.807, 2.05) is 13.8 Å². The zero-order valence-corrected chi connectivity index (χ0v) is 14.4. The van der Waals surface area contributed by atoms with E-state index in [1.54, 1.807) is 0 Å². The molecule has 1 aromatic rings. The Bertz CT molecular complexity index is 493. The summed E-state index contributed by atoms with van der Waals surface area (Å²) in [6.45, 7) is 4.78. The van der Waals surface area contributed by atoms with Crippen molar-refractivity contribution < 1.29 is 9.32 Å². The van der Waals surface area contributed by atoms with E-state index in [0.717, 1.165) is 57.9 Å². The van der Waals surface area contributed by atoms with Crippen LogP contribution in [0.15, 0.2) is 4.52 Å². The first kappa shape index (κ1) is 17.9. The number of nitrogens with two attached hydrogens (primary N) is 1. The van der Waals surface area contributed by atoms with Crippen molar-refractivity contribution in [3.63, 3.8) is 0 Å². The molecule has 3 N–H and O–H groups in total. The number of carbonyl (C=O) groups excluding carboxylic acids is 1. The molecule has 130 valence electrons. The van der Waals surface area contributed by atoms with Crippen LogP contribution < -0.4 is 11.1 Å². The highest BCUT2D eigenvalue weighted by molar-refractivity contribution is 5.76. The number of hydrogen-bond donors (Lipinski definition) is 2. The molecule has 0 saturated heterocycles. The first-order chi connectivity index (χ1) is 11.1. The summed E-state index contributed by atoms with van der Waals surface area (Å²) in [5.41, 5.74) is 5.06. The van der Waals surface area contributed by atoms with Gasteiger partial charge in [-0.05, 0) is 32.2 Å². The van der Waals surface area contributed by atoms with Crippen LogP contribution in [0.5, 0.6) is 0 Å². The molecule has 1 fully saturated rings. The van der Waals surface area contributed by atoms with Gasteiger partial charge in [0.05, 0.1) is 0 Å². The highest BCUT2D eigenvalue weighted by Gasteiger charge is 2.41. The Balaban J connectivity index is 1.93. The molecule has 1 heterocycles. The summed E-state index contributed by atoms with van der Waals surface area (Å²) in [5, 5.41) is 7.35. The number of unbranched alkanes of at least 4 members (excludes halogenated alkanes) is 3. The van der Waals surface area contributed by atoms with Gasteiger partial charge in [0.15, 0.2) is 5.82 Å². The van der Waals surface area contributed by atoms with E-state index in [2.05, 4.69) is 15.5 Å². The summed E-state index contributed by atoms with van der Waals surface area (Å²) in [4.78, 5) is 16.9. The van der Waals surface area contributed by atoms with Gasteiger partial charge in [0.2, 0.25) is 11.8 Å². The maximum absolute atomic E-state index is 12.3. The molecule has 0 spiro atoms. The van der Waals surface area contributed by atoms with E-state index >= 15 is 0 Å². The number of amides is 1. The molecule has 6 heteroatoms. The van der Waals surface area contributed by atoms with Crippen LogP contribution in [-0.2, 0) is 10.3 Å². The highest BCUT2D eigenvalue weighted by atomic mass is 16.5. The Morgan fingerprint density at radius 2 is 1.96 bits per heavy atom. The van der Waals surface area contributed by atoms with Crippen LogP contribution in [0, 0.1) is 0 Å². The van der Waals surface area contributed by atoms with Crippen molar-refractivity contribution in [2.24, 2.45) is 5.73 Å². The number of nitrogens with zero attached hydrogens (tertiary/aromatic N) is 2. The summed E-state index contributed by atoms with van der Waals surface area (Å²) in [6, 6.07) is 0. The van der Waals surface area contributed by atoms with Crippen LogP contribution in [0.25, 0.3) is 0 Å². The van der Waals surface area contributed by atoms with E-state index in [4.69, 9.17) is 10.3 Å². The third-order valence-corrected chi connectivity index (χ3v) is 4.56. The van der Waals surface area contributed by atoms with Crippen molar-refractivity contribution in [2.45, 2.75) is 83.1 Å². The van der Waals surface area contributed by atoms with E-state index < -0.39 is 5.54 Å². The van der Waals surface area contributed by atoms with Crippen molar-refractivity contribution in [1.29, 1.82) is 0 Å². The lowest BCUT2D eigenvalue weighted by molar-refractivity contribution is -0.123. The second kappa shape index (κ2) is 8.43. The number of nitrogens with one attached hydrogen (secondary N) is 1. The minimum atomic E-state index is -0.426. The van der Waals surface area contributed by atoms with Gasteiger partial charge in [-0.15, -0.1) is 0 Å². The molecule has 23 heavy (non-hydrogen) atoms. The summed E-state index contributed by atoms with van der Waals surface area (Å²) in [7, 11) is 0. The summed E-state index contributed by atoms with van der Waals surface area (Å²) < 4.78 is 5.35.